The molecule has 400 valence electrons. The Balaban J connectivity index is 0.000000195. The van der Waals surface area contributed by atoms with Crippen LogP contribution < -0.4 is 20.5 Å². The molecule has 4 heterocycles. The van der Waals surface area contributed by atoms with Crippen molar-refractivity contribution in [3.63, 3.8) is 0 Å². The second-order valence-electron chi connectivity index (χ2n) is 18.9. The predicted molar refractivity (Wildman–Crippen MR) is 309 cm³/mol. The lowest BCUT2D eigenvalue weighted by Gasteiger charge is -2.12. The smallest absolute Gasteiger partial charge is 0.335 e. The number of hydrogen-bond donors (Lipinski definition) is 5. The first-order valence-electron chi connectivity index (χ1n) is 25.5. The van der Waals surface area contributed by atoms with E-state index in [9.17, 15) is 14.7 Å². The van der Waals surface area contributed by atoms with Crippen molar-refractivity contribution in [1.29, 1.82) is 0 Å². The number of carbonyl (C=O) groups is 2. The fourth-order valence-corrected chi connectivity index (χ4v) is 8.66. The maximum atomic E-state index is 12.4. The Kier molecular flexibility index (Phi) is 17.7. The summed E-state index contributed by atoms with van der Waals surface area (Å²) in [5.41, 5.74) is 15.6. The van der Waals surface area contributed by atoms with Crippen molar-refractivity contribution in [3.8, 4) is 82.0 Å². The van der Waals surface area contributed by atoms with Crippen molar-refractivity contribution < 1.29 is 34.4 Å². The number of aliphatic hydroxyl groups is 2. The lowest BCUT2D eigenvalue weighted by Crippen LogP contribution is -2.26. The van der Waals surface area contributed by atoms with Crippen LogP contribution in [0.25, 0.3) is 89.7 Å². The fourth-order valence-electron chi connectivity index (χ4n) is 8.66. The van der Waals surface area contributed by atoms with Gasteiger partial charge in [0.1, 0.15) is 24.7 Å². The first-order valence-corrected chi connectivity index (χ1v) is 25.5. The number of aliphatic hydroxyl groups excluding tert-OH is 2. The SMILES string of the molecule is C#CCOc1ccc2nc(-c3nc4ccc(C(=O)NCCO)cc4n3C)nc(-c3ccc(C(C)C)cc3)c2c1.C#CCOc1ccc2nc(-c3nc4ccc(C(=O)O)cc4n3C)nc(-c3ccc(C(C)C)cc3)c2c1.NCCO. The fraction of sp³-hybridized carbons (Fsp3) is 0.226. The third-order valence-corrected chi connectivity index (χ3v) is 12.9. The highest BCUT2D eigenvalue weighted by atomic mass is 16.5. The largest absolute Gasteiger partial charge is 0.481 e. The lowest BCUT2D eigenvalue weighted by atomic mass is 9.99. The van der Waals surface area contributed by atoms with Crippen LogP contribution in [0.2, 0.25) is 0 Å². The Labute approximate surface area is 457 Å². The Hall–Kier alpha value is -9.52. The molecule has 0 unspecified atom stereocenters. The van der Waals surface area contributed by atoms with Gasteiger partial charge in [-0.1, -0.05) is 88.1 Å². The van der Waals surface area contributed by atoms with Crippen LogP contribution in [0.3, 0.4) is 0 Å². The molecule has 10 rings (SSSR count). The molecule has 17 heteroatoms. The first-order chi connectivity index (χ1) is 38.2. The third-order valence-electron chi connectivity index (χ3n) is 12.9. The van der Waals surface area contributed by atoms with Crippen molar-refractivity contribution in [3.05, 3.63) is 144 Å². The molecule has 0 aliphatic heterocycles. The van der Waals surface area contributed by atoms with Gasteiger partial charge in [-0.15, -0.1) is 12.8 Å². The minimum absolute atomic E-state index is 0.0972. The van der Waals surface area contributed by atoms with Gasteiger partial charge in [0.05, 0.1) is 63.3 Å². The number of carboxylic acids is 1. The highest BCUT2D eigenvalue weighted by Crippen LogP contribution is 2.35. The van der Waals surface area contributed by atoms with Crippen molar-refractivity contribution in [2.45, 2.75) is 39.5 Å². The molecule has 0 radical (unpaired) electrons. The van der Waals surface area contributed by atoms with Crippen molar-refractivity contribution in [1.82, 2.24) is 44.4 Å². The van der Waals surface area contributed by atoms with Gasteiger partial charge in [0.15, 0.2) is 23.3 Å². The summed E-state index contributed by atoms with van der Waals surface area (Å²) in [4.78, 5) is 53.0. The molecule has 0 saturated heterocycles. The van der Waals surface area contributed by atoms with Gasteiger partial charge in [0.2, 0.25) is 0 Å². The molecule has 6 aromatic carbocycles. The summed E-state index contributed by atoms with van der Waals surface area (Å²) in [6, 6.07) is 38.1. The van der Waals surface area contributed by atoms with Crippen LogP contribution in [0.5, 0.6) is 11.5 Å². The summed E-state index contributed by atoms with van der Waals surface area (Å²) < 4.78 is 15.0. The van der Waals surface area contributed by atoms with Gasteiger partial charge in [-0.25, -0.2) is 34.7 Å². The van der Waals surface area contributed by atoms with E-state index < -0.39 is 5.97 Å². The second-order valence-corrected chi connectivity index (χ2v) is 18.9. The van der Waals surface area contributed by atoms with Gasteiger partial charge >= 0.3 is 5.97 Å². The van der Waals surface area contributed by atoms with Gasteiger partial charge in [-0.2, -0.15) is 0 Å². The predicted octanol–water partition coefficient (Wildman–Crippen LogP) is 9.33. The van der Waals surface area contributed by atoms with E-state index in [-0.39, 0.29) is 44.4 Å². The number of fused-ring (bicyclic) bond motifs is 4. The van der Waals surface area contributed by atoms with Crippen LogP contribution in [0.15, 0.2) is 121 Å². The summed E-state index contributed by atoms with van der Waals surface area (Å²) in [5.74, 6) is 7.87. The zero-order valence-electron chi connectivity index (χ0n) is 44.7. The number of aromatic carboxylic acids is 1. The average Bonchev–Trinajstić information content (AvgIpc) is 4.19. The van der Waals surface area contributed by atoms with Crippen molar-refractivity contribution >= 4 is 55.7 Å². The minimum Gasteiger partial charge on any atom is -0.481 e. The molecule has 0 fully saturated rings. The van der Waals surface area contributed by atoms with Crippen LogP contribution in [-0.4, -0.2) is 106 Å². The standard InChI is InChI=1S/C31H29N5O3.C29H24N4O3.C2H7NO/c1-5-16-39-23-11-13-25-24(18-23)28(21-8-6-20(7-9-21)19(2)3)35-29(33-25)30-34-26-12-10-22(17-27(26)36(30)4)31(38)32-14-15-37;1-5-14-36-21-11-13-23-22(16-21)26(19-8-6-18(7-9-19)17(2)3)32-27(30-23)28-31-24-12-10-20(29(34)35)15-25(24)33(28)4;3-1-2-4/h1,6-13,17-19,37H,14-16H2,2-4H3,(H,32,38);1,6-13,15-17H,14H2,2-4H3,(H,34,35);4H,1-3H2. The molecule has 79 heavy (non-hydrogen) atoms. The molecule has 0 saturated carbocycles. The van der Waals surface area contributed by atoms with E-state index in [2.05, 4.69) is 93.4 Å². The number of ether oxygens (including phenoxy) is 2. The molecular formula is C62H60N10O7. The van der Waals surface area contributed by atoms with E-state index in [4.69, 9.17) is 68.2 Å². The molecule has 0 bridgehead atoms. The molecule has 4 aromatic heterocycles. The summed E-state index contributed by atoms with van der Waals surface area (Å²) in [7, 11) is 3.71. The number of nitrogens with two attached hydrogens (primary N) is 1. The highest BCUT2D eigenvalue weighted by molar-refractivity contribution is 5.99. The maximum Gasteiger partial charge on any atom is 0.335 e. The quantitative estimate of drug-likeness (QED) is 0.0602. The normalized spacial score (nSPS) is 11.0. The lowest BCUT2D eigenvalue weighted by molar-refractivity contribution is 0.0696. The topological polar surface area (TPSA) is 239 Å². The van der Waals surface area contributed by atoms with Gasteiger partial charge in [-0.05, 0) is 95.8 Å². The Bertz CT molecular complexity index is 3930. The number of nitrogens with zero attached hydrogens (tertiary/aromatic N) is 8. The van der Waals surface area contributed by atoms with Gasteiger partial charge in [0, 0.05) is 54.6 Å². The molecule has 0 aliphatic rings. The third kappa shape index (κ3) is 12.5. The number of nitrogens with one attached hydrogen (secondary N) is 1. The Morgan fingerprint density at radius 1 is 0.582 bits per heavy atom. The highest BCUT2D eigenvalue weighted by Gasteiger charge is 2.21. The summed E-state index contributed by atoms with van der Waals surface area (Å²) >= 11 is 0. The number of amides is 1. The number of carboxylic acid groups (broad SMARTS) is 1. The summed E-state index contributed by atoms with van der Waals surface area (Å²) in [6.07, 6.45) is 10.7. The Morgan fingerprint density at radius 3 is 1.39 bits per heavy atom. The molecule has 0 aliphatic carbocycles. The summed E-state index contributed by atoms with van der Waals surface area (Å²) in [6.45, 7) is 9.51. The van der Waals surface area contributed by atoms with E-state index in [0.29, 0.717) is 69.8 Å². The van der Waals surface area contributed by atoms with Crippen molar-refractivity contribution in [2.75, 3.05) is 39.5 Å². The molecule has 0 spiro atoms. The zero-order chi connectivity index (χ0) is 56.3. The van der Waals surface area contributed by atoms with E-state index in [0.717, 1.165) is 55.4 Å². The molecule has 10 aromatic rings. The van der Waals surface area contributed by atoms with Crippen LogP contribution in [0, 0.1) is 24.7 Å². The number of hydrogen-bond acceptors (Lipinski definition) is 13. The molecule has 1 amide bonds. The molecular weight excluding hydrogens is 997 g/mol. The van der Waals surface area contributed by atoms with E-state index in [1.807, 2.05) is 59.6 Å². The average molecular weight is 1060 g/mol. The minimum atomic E-state index is -0.989. The van der Waals surface area contributed by atoms with E-state index >= 15 is 0 Å². The van der Waals surface area contributed by atoms with Crippen LogP contribution in [0.4, 0.5) is 0 Å². The number of imidazole rings is 2. The maximum absolute atomic E-state index is 12.4. The number of aromatic nitrogens is 8. The second kappa shape index (κ2) is 25.1. The van der Waals surface area contributed by atoms with Crippen molar-refractivity contribution in [2.24, 2.45) is 19.8 Å². The van der Waals surface area contributed by atoms with Gasteiger partial charge in [0.25, 0.3) is 5.91 Å². The molecule has 17 nitrogen and oxygen atoms in total. The number of aryl methyl sites for hydroxylation is 2. The first kappa shape index (κ1) is 55.7. The van der Waals surface area contributed by atoms with Crippen LogP contribution in [-0.2, 0) is 14.1 Å². The van der Waals surface area contributed by atoms with E-state index in [1.165, 1.54) is 11.1 Å². The van der Waals surface area contributed by atoms with Crippen LogP contribution in [0.1, 0.15) is 71.4 Å². The monoisotopic (exact) mass is 1060 g/mol. The zero-order valence-corrected chi connectivity index (χ0v) is 44.7. The molecule has 6 N–H and O–H groups in total. The Morgan fingerprint density at radius 2 is 1.00 bits per heavy atom. The van der Waals surface area contributed by atoms with Gasteiger partial charge < -0.3 is 45.0 Å². The number of carbonyl (C=O) groups excluding carboxylic acids is 1. The molecule has 0 atom stereocenters. The van der Waals surface area contributed by atoms with E-state index in [1.54, 1.807) is 36.4 Å². The number of benzene rings is 6. The van der Waals surface area contributed by atoms with Crippen LogP contribution >= 0.6 is 0 Å². The summed E-state index contributed by atoms with van der Waals surface area (Å²) in [5, 5.41) is 30.5. The number of terminal acetylenes is 2. The van der Waals surface area contributed by atoms with Gasteiger partial charge in [-0.3, -0.25) is 4.79 Å². The number of rotatable bonds is 15.